The van der Waals surface area contributed by atoms with E-state index in [0.29, 0.717) is 16.6 Å². The first-order valence-corrected chi connectivity index (χ1v) is 7.22. The van der Waals surface area contributed by atoms with E-state index in [0.717, 1.165) is 0 Å². The van der Waals surface area contributed by atoms with Crippen LogP contribution in [-0.4, -0.2) is 20.9 Å². The lowest BCUT2D eigenvalue weighted by Gasteiger charge is -2.09. The zero-order valence-electron chi connectivity index (χ0n) is 9.45. The van der Waals surface area contributed by atoms with Crippen molar-refractivity contribution in [1.29, 1.82) is 0 Å². The highest BCUT2D eigenvalue weighted by Crippen LogP contribution is 2.24. The standard InChI is InChI=1S/C10H13BrN2O3S/c1-3-13-10(14)7-4-8(11)6(2)9(5-7)17(12,15)16/h4-5H,3H2,1-2H3,(H,13,14)(H2,12,15,16). The summed E-state index contributed by atoms with van der Waals surface area (Å²) in [7, 11) is -3.84. The van der Waals surface area contributed by atoms with Gasteiger partial charge >= 0.3 is 0 Å². The van der Waals surface area contributed by atoms with E-state index in [1.165, 1.54) is 6.07 Å². The molecule has 0 aliphatic heterocycles. The van der Waals surface area contributed by atoms with Gasteiger partial charge in [0.25, 0.3) is 5.91 Å². The number of rotatable bonds is 3. The highest BCUT2D eigenvalue weighted by atomic mass is 79.9. The van der Waals surface area contributed by atoms with E-state index in [9.17, 15) is 13.2 Å². The second kappa shape index (κ2) is 5.16. The predicted octanol–water partition coefficient (Wildman–Crippen LogP) is 1.15. The Morgan fingerprint density at radius 3 is 2.53 bits per heavy atom. The molecular weight excluding hydrogens is 308 g/mol. The van der Waals surface area contributed by atoms with Gasteiger partial charge in [-0.25, -0.2) is 13.6 Å². The maximum absolute atomic E-state index is 11.6. The lowest BCUT2D eigenvalue weighted by Crippen LogP contribution is -2.23. The number of hydrogen-bond donors (Lipinski definition) is 2. The molecule has 0 aliphatic carbocycles. The van der Waals surface area contributed by atoms with Crippen LogP contribution in [-0.2, 0) is 10.0 Å². The maximum Gasteiger partial charge on any atom is 0.251 e. The van der Waals surface area contributed by atoms with Crippen molar-refractivity contribution in [3.05, 3.63) is 27.7 Å². The van der Waals surface area contributed by atoms with Gasteiger partial charge < -0.3 is 5.32 Å². The van der Waals surface area contributed by atoms with Crippen LogP contribution in [0, 0.1) is 6.92 Å². The molecule has 0 bridgehead atoms. The molecule has 1 aromatic carbocycles. The van der Waals surface area contributed by atoms with Crippen molar-refractivity contribution in [3.8, 4) is 0 Å². The summed E-state index contributed by atoms with van der Waals surface area (Å²) in [5.41, 5.74) is 0.744. The van der Waals surface area contributed by atoms with Gasteiger partial charge in [0.05, 0.1) is 4.90 Å². The summed E-state index contributed by atoms with van der Waals surface area (Å²) < 4.78 is 23.3. The molecule has 94 valence electrons. The van der Waals surface area contributed by atoms with Gasteiger partial charge in [0.2, 0.25) is 10.0 Å². The predicted molar refractivity (Wildman–Crippen MR) is 68.3 cm³/mol. The third kappa shape index (κ3) is 3.27. The summed E-state index contributed by atoms with van der Waals surface area (Å²) >= 11 is 3.21. The normalized spacial score (nSPS) is 11.3. The van der Waals surface area contributed by atoms with Crippen molar-refractivity contribution < 1.29 is 13.2 Å². The molecule has 17 heavy (non-hydrogen) atoms. The van der Waals surface area contributed by atoms with E-state index in [-0.39, 0.29) is 16.4 Å². The zero-order chi connectivity index (χ0) is 13.2. The minimum atomic E-state index is -3.84. The fourth-order valence-electron chi connectivity index (χ4n) is 1.34. The molecule has 0 saturated carbocycles. The Hall–Kier alpha value is -0.920. The number of amides is 1. The first-order valence-electron chi connectivity index (χ1n) is 4.88. The monoisotopic (exact) mass is 320 g/mol. The van der Waals surface area contributed by atoms with E-state index in [1.807, 2.05) is 0 Å². The molecule has 0 atom stereocenters. The number of benzene rings is 1. The lowest BCUT2D eigenvalue weighted by atomic mass is 10.1. The van der Waals surface area contributed by atoms with Gasteiger partial charge in [0, 0.05) is 16.6 Å². The molecule has 0 aromatic heterocycles. The number of sulfonamides is 1. The Labute approximate surface area is 109 Å². The second-order valence-electron chi connectivity index (χ2n) is 3.49. The second-order valence-corrected chi connectivity index (χ2v) is 5.87. The smallest absolute Gasteiger partial charge is 0.251 e. The largest absolute Gasteiger partial charge is 0.352 e. The number of primary sulfonamides is 1. The van der Waals surface area contributed by atoms with Gasteiger partial charge in [-0.2, -0.15) is 0 Å². The average molecular weight is 321 g/mol. The Morgan fingerprint density at radius 2 is 2.06 bits per heavy atom. The average Bonchev–Trinajstić information content (AvgIpc) is 2.20. The van der Waals surface area contributed by atoms with Crippen LogP contribution in [0.1, 0.15) is 22.8 Å². The van der Waals surface area contributed by atoms with E-state index < -0.39 is 10.0 Å². The molecule has 0 fully saturated rings. The van der Waals surface area contributed by atoms with Crippen LogP contribution in [0.25, 0.3) is 0 Å². The summed E-state index contributed by atoms with van der Waals surface area (Å²) in [6.45, 7) is 3.86. The van der Waals surface area contributed by atoms with Crippen LogP contribution in [0.2, 0.25) is 0 Å². The molecule has 7 heteroatoms. The van der Waals surface area contributed by atoms with E-state index in [4.69, 9.17) is 5.14 Å². The molecule has 1 aromatic rings. The minimum absolute atomic E-state index is 0.0480. The summed E-state index contributed by atoms with van der Waals surface area (Å²) in [5.74, 6) is -0.335. The van der Waals surface area contributed by atoms with Gasteiger partial charge in [0.15, 0.2) is 0 Å². The SMILES string of the molecule is CCNC(=O)c1cc(Br)c(C)c(S(N)(=O)=O)c1. The van der Waals surface area contributed by atoms with Crippen LogP contribution in [0.15, 0.2) is 21.5 Å². The summed E-state index contributed by atoms with van der Waals surface area (Å²) in [4.78, 5) is 11.6. The highest BCUT2D eigenvalue weighted by molar-refractivity contribution is 9.10. The quantitative estimate of drug-likeness (QED) is 0.875. The Kier molecular flexibility index (Phi) is 4.29. The molecule has 0 heterocycles. The molecule has 0 radical (unpaired) electrons. The van der Waals surface area contributed by atoms with Gasteiger partial charge in [0.1, 0.15) is 0 Å². The lowest BCUT2D eigenvalue weighted by molar-refractivity contribution is 0.0955. The van der Waals surface area contributed by atoms with Crippen molar-refractivity contribution in [1.82, 2.24) is 5.32 Å². The van der Waals surface area contributed by atoms with E-state index in [2.05, 4.69) is 21.2 Å². The molecule has 5 nitrogen and oxygen atoms in total. The van der Waals surface area contributed by atoms with Crippen LogP contribution < -0.4 is 10.5 Å². The summed E-state index contributed by atoms with van der Waals surface area (Å²) in [6, 6.07) is 2.84. The van der Waals surface area contributed by atoms with Crippen LogP contribution in [0.3, 0.4) is 0 Å². The van der Waals surface area contributed by atoms with Gasteiger partial charge in [-0.15, -0.1) is 0 Å². The number of carbonyl (C=O) groups excluding carboxylic acids is 1. The van der Waals surface area contributed by atoms with Crippen molar-refractivity contribution >= 4 is 31.9 Å². The van der Waals surface area contributed by atoms with Crippen LogP contribution >= 0.6 is 15.9 Å². The molecule has 0 saturated heterocycles. The van der Waals surface area contributed by atoms with Crippen LogP contribution in [0.4, 0.5) is 0 Å². The number of hydrogen-bond acceptors (Lipinski definition) is 3. The molecule has 0 unspecified atom stereocenters. The minimum Gasteiger partial charge on any atom is -0.352 e. The van der Waals surface area contributed by atoms with Crippen molar-refractivity contribution in [3.63, 3.8) is 0 Å². The van der Waals surface area contributed by atoms with Gasteiger partial charge in [-0.3, -0.25) is 4.79 Å². The van der Waals surface area contributed by atoms with E-state index >= 15 is 0 Å². The molecule has 0 spiro atoms. The number of nitrogens with two attached hydrogens (primary N) is 1. The third-order valence-electron chi connectivity index (χ3n) is 2.20. The number of nitrogens with one attached hydrogen (secondary N) is 1. The molecular formula is C10H13BrN2O3S. The Morgan fingerprint density at radius 1 is 1.47 bits per heavy atom. The highest BCUT2D eigenvalue weighted by Gasteiger charge is 2.17. The zero-order valence-corrected chi connectivity index (χ0v) is 11.9. The number of halogens is 1. The molecule has 0 aliphatic rings. The Bertz CT molecular complexity index is 555. The third-order valence-corrected chi connectivity index (χ3v) is 4.06. The van der Waals surface area contributed by atoms with Crippen molar-refractivity contribution in [2.45, 2.75) is 18.7 Å². The summed E-state index contributed by atoms with van der Waals surface area (Å²) in [5, 5.41) is 7.68. The fourth-order valence-corrected chi connectivity index (χ4v) is 2.76. The summed E-state index contributed by atoms with van der Waals surface area (Å²) in [6.07, 6.45) is 0. The van der Waals surface area contributed by atoms with Crippen molar-refractivity contribution in [2.24, 2.45) is 5.14 Å². The fraction of sp³-hybridized carbons (Fsp3) is 0.300. The van der Waals surface area contributed by atoms with Gasteiger partial charge in [-0.1, -0.05) is 15.9 Å². The van der Waals surface area contributed by atoms with Crippen molar-refractivity contribution in [2.75, 3.05) is 6.54 Å². The topological polar surface area (TPSA) is 89.3 Å². The van der Waals surface area contributed by atoms with E-state index in [1.54, 1.807) is 19.9 Å². The number of carbonyl (C=O) groups is 1. The Balaban J connectivity index is 3.39. The first kappa shape index (κ1) is 14.1. The van der Waals surface area contributed by atoms with Crippen LogP contribution in [0.5, 0.6) is 0 Å². The molecule has 1 rings (SSSR count). The molecule has 1 amide bonds. The maximum atomic E-state index is 11.6. The molecule has 3 N–H and O–H groups in total. The van der Waals surface area contributed by atoms with Gasteiger partial charge in [-0.05, 0) is 31.5 Å². The first-order chi connectivity index (χ1) is 7.77.